The summed E-state index contributed by atoms with van der Waals surface area (Å²) in [5.41, 5.74) is 3.45. The second-order valence-corrected chi connectivity index (χ2v) is 6.36. The van der Waals surface area contributed by atoms with Crippen LogP contribution in [0.3, 0.4) is 0 Å². The van der Waals surface area contributed by atoms with Crippen LogP contribution in [0.25, 0.3) is 16.7 Å². The SMILES string of the molecule is CCOCCCNc1nc2ccc(C(=O)c3ccccc3)cc2n2cnnc12. The highest BCUT2D eigenvalue weighted by atomic mass is 16.5. The van der Waals surface area contributed by atoms with Gasteiger partial charge in [-0.3, -0.25) is 9.20 Å². The molecule has 2 aromatic carbocycles. The van der Waals surface area contributed by atoms with E-state index in [0.29, 0.717) is 35.8 Å². The maximum Gasteiger partial charge on any atom is 0.203 e. The Hall–Kier alpha value is -3.32. The van der Waals surface area contributed by atoms with Gasteiger partial charge in [-0.15, -0.1) is 10.2 Å². The molecule has 0 aliphatic heterocycles. The van der Waals surface area contributed by atoms with E-state index in [1.807, 2.05) is 53.8 Å². The van der Waals surface area contributed by atoms with Gasteiger partial charge in [-0.1, -0.05) is 30.3 Å². The van der Waals surface area contributed by atoms with Crippen LogP contribution in [0.1, 0.15) is 29.3 Å². The molecule has 2 aromatic heterocycles. The number of ketones is 1. The molecular weight excluding hydrogens is 354 g/mol. The second-order valence-electron chi connectivity index (χ2n) is 6.36. The largest absolute Gasteiger partial charge is 0.382 e. The molecule has 28 heavy (non-hydrogen) atoms. The fourth-order valence-electron chi connectivity index (χ4n) is 3.10. The van der Waals surface area contributed by atoms with Gasteiger partial charge >= 0.3 is 0 Å². The Morgan fingerprint density at radius 1 is 1.14 bits per heavy atom. The van der Waals surface area contributed by atoms with Gasteiger partial charge in [0.1, 0.15) is 6.33 Å². The lowest BCUT2D eigenvalue weighted by Crippen LogP contribution is -2.09. The van der Waals surface area contributed by atoms with Crippen molar-refractivity contribution in [2.45, 2.75) is 13.3 Å². The van der Waals surface area contributed by atoms with Crippen molar-refractivity contribution in [3.63, 3.8) is 0 Å². The number of nitrogens with zero attached hydrogens (tertiary/aromatic N) is 4. The average molecular weight is 375 g/mol. The molecule has 0 fully saturated rings. The van der Waals surface area contributed by atoms with Crippen LogP contribution in [0.5, 0.6) is 0 Å². The summed E-state index contributed by atoms with van der Waals surface area (Å²) in [4.78, 5) is 17.5. The van der Waals surface area contributed by atoms with Crippen molar-refractivity contribution in [3.05, 3.63) is 66.0 Å². The standard InChI is InChI=1S/C21H21N5O2/c1-2-28-12-6-11-22-20-21-25-23-14-26(21)18-13-16(9-10-17(18)24-20)19(27)15-7-4-3-5-8-15/h3-5,7-10,13-14H,2,6,11-12H2,1H3,(H,22,24). The minimum Gasteiger partial charge on any atom is -0.382 e. The molecule has 0 atom stereocenters. The number of nitrogens with one attached hydrogen (secondary N) is 1. The smallest absolute Gasteiger partial charge is 0.203 e. The molecule has 142 valence electrons. The van der Waals surface area contributed by atoms with Crippen LogP contribution < -0.4 is 5.32 Å². The summed E-state index contributed by atoms with van der Waals surface area (Å²) in [6.45, 7) is 4.12. The molecule has 4 rings (SSSR count). The zero-order valence-corrected chi connectivity index (χ0v) is 15.6. The highest BCUT2D eigenvalue weighted by Gasteiger charge is 2.14. The van der Waals surface area contributed by atoms with Crippen molar-refractivity contribution in [1.29, 1.82) is 0 Å². The molecule has 0 spiro atoms. The Bertz CT molecular complexity index is 1110. The van der Waals surface area contributed by atoms with Gasteiger partial charge in [0.25, 0.3) is 0 Å². The maximum absolute atomic E-state index is 12.8. The Balaban J connectivity index is 1.67. The average Bonchev–Trinajstić information content (AvgIpc) is 3.24. The van der Waals surface area contributed by atoms with Crippen LogP contribution in [-0.2, 0) is 4.74 Å². The van der Waals surface area contributed by atoms with E-state index in [-0.39, 0.29) is 5.78 Å². The lowest BCUT2D eigenvalue weighted by Gasteiger charge is -2.10. The van der Waals surface area contributed by atoms with Crippen molar-refractivity contribution in [2.24, 2.45) is 0 Å². The molecule has 0 saturated heterocycles. The van der Waals surface area contributed by atoms with Crippen molar-refractivity contribution in [3.8, 4) is 0 Å². The van der Waals surface area contributed by atoms with Gasteiger partial charge in [0.2, 0.25) is 5.65 Å². The summed E-state index contributed by atoms with van der Waals surface area (Å²) in [6.07, 6.45) is 2.51. The number of anilines is 1. The van der Waals surface area contributed by atoms with E-state index in [1.165, 1.54) is 0 Å². The van der Waals surface area contributed by atoms with Gasteiger partial charge in [-0.2, -0.15) is 0 Å². The summed E-state index contributed by atoms with van der Waals surface area (Å²) < 4.78 is 7.22. The normalized spacial score (nSPS) is 11.2. The first kappa shape index (κ1) is 18.1. The van der Waals surface area contributed by atoms with Crippen LogP contribution in [-0.4, -0.2) is 45.1 Å². The Morgan fingerprint density at radius 2 is 2.00 bits per heavy atom. The van der Waals surface area contributed by atoms with Crippen LogP contribution >= 0.6 is 0 Å². The zero-order valence-electron chi connectivity index (χ0n) is 15.6. The van der Waals surface area contributed by atoms with Crippen LogP contribution in [0.2, 0.25) is 0 Å². The first-order valence-electron chi connectivity index (χ1n) is 9.33. The lowest BCUT2D eigenvalue weighted by molar-refractivity contribution is 0.103. The number of hydrogen-bond donors (Lipinski definition) is 1. The third kappa shape index (κ3) is 3.57. The van der Waals surface area contributed by atoms with Crippen LogP contribution in [0, 0.1) is 0 Å². The van der Waals surface area contributed by atoms with Crippen molar-refractivity contribution in [2.75, 3.05) is 25.1 Å². The molecule has 0 saturated carbocycles. The minimum atomic E-state index is -0.0261. The molecule has 2 heterocycles. The van der Waals surface area contributed by atoms with E-state index < -0.39 is 0 Å². The Kier molecular flexibility index (Phi) is 5.25. The zero-order chi connectivity index (χ0) is 19.3. The predicted octanol–water partition coefficient (Wildman–Crippen LogP) is 3.35. The van der Waals surface area contributed by atoms with Gasteiger partial charge in [0.15, 0.2) is 11.6 Å². The molecule has 0 radical (unpaired) electrons. The number of benzene rings is 2. The summed E-state index contributed by atoms with van der Waals surface area (Å²) in [6, 6.07) is 14.7. The van der Waals surface area contributed by atoms with E-state index in [9.17, 15) is 4.79 Å². The topological polar surface area (TPSA) is 81.4 Å². The van der Waals surface area contributed by atoms with Gasteiger partial charge in [-0.05, 0) is 31.5 Å². The van der Waals surface area contributed by atoms with E-state index >= 15 is 0 Å². The molecular formula is C21H21N5O2. The summed E-state index contributed by atoms with van der Waals surface area (Å²) in [5.74, 6) is 0.644. The molecule has 0 aliphatic carbocycles. The number of rotatable bonds is 8. The fourth-order valence-corrected chi connectivity index (χ4v) is 3.10. The third-order valence-corrected chi connectivity index (χ3v) is 4.49. The Morgan fingerprint density at radius 3 is 2.82 bits per heavy atom. The molecule has 7 nitrogen and oxygen atoms in total. The number of hydrogen-bond acceptors (Lipinski definition) is 6. The number of ether oxygens (including phenoxy) is 1. The van der Waals surface area contributed by atoms with Gasteiger partial charge in [-0.25, -0.2) is 4.98 Å². The minimum absolute atomic E-state index is 0.0261. The monoisotopic (exact) mass is 375 g/mol. The van der Waals surface area contributed by atoms with E-state index in [4.69, 9.17) is 4.74 Å². The maximum atomic E-state index is 12.8. The van der Waals surface area contributed by atoms with Gasteiger partial charge < -0.3 is 10.1 Å². The second kappa shape index (κ2) is 8.14. The number of fused-ring (bicyclic) bond motifs is 3. The highest BCUT2D eigenvalue weighted by Crippen LogP contribution is 2.22. The quantitative estimate of drug-likeness (QED) is 0.376. The van der Waals surface area contributed by atoms with Crippen molar-refractivity contribution in [1.82, 2.24) is 19.6 Å². The molecule has 4 aromatic rings. The molecule has 0 unspecified atom stereocenters. The van der Waals surface area contributed by atoms with Gasteiger partial charge in [0.05, 0.1) is 11.0 Å². The molecule has 0 aliphatic rings. The van der Waals surface area contributed by atoms with Crippen LogP contribution in [0.15, 0.2) is 54.9 Å². The molecule has 7 heteroatoms. The van der Waals surface area contributed by atoms with Gasteiger partial charge in [0, 0.05) is 30.9 Å². The molecule has 0 amide bonds. The summed E-state index contributed by atoms with van der Waals surface area (Å²) >= 11 is 0. The van der Waals surface area contributed by atoms with Crippen molar-refractivity contribution >= 4 is 28.3 Å². The van der Waals surface area contributed by atoms with E-state index in [2.05, 4.69) is 20.5 Å². The summed E-state index contributed by atoms with van der Waals surface area (Å²) in [5, 5.41) is 11.5. The fraction of sp³-hybridized carbons (Fsp3) is 0.238. The first-order valence-corrected chi connectivity index (χ1v) is 9.33. The predicted molar refractivity (Wildman–Crippen MR) is 108 cm³/mol. The Labute approximate surface area is 162 Å². The third-order valence-electron chi connectivity index (χ3n) is 4.49. The number of aromatic nitrogens is 4. The summed E-state index contributed by atoms with van der Waals surface area (Å²) in [7, 11) is 0. The number of carbonyl (C=O) groups is 1. The van der Waals surface area contributed by atoms with Crippen molar-refractivity contribution < 1.29 is 9.53 Å². The first-order chi connectivity index (χ1) is 13.8. The molecule has 0 bridgehead atoms. The van der Waals surface area contributed by atoms with E-state index in [1.54, 1.807) is 12.4 Å². The number of carbonyl (C=O) groups excluding carboxylic acids is 1. The highest BCUT2D eigenvalue weighted by molar-refractivity contribution is 6.10. The lowest BCUT2D eigenvalue weighted by atomic mass is 10.0. The van der Waals surface area contributed by atoms with Crippen LogP contribution in [0.4, 0.5) is 5.82 Å². The van der Waals surface area contributed by atoms with E-state index in [0.717, 1.165) is 24.0 Å². The molecule has 1 N–H and O–H groups in total.